The fourth-order valence-electron chi connectivity index (χ4n) is 1.97. The van der Waals surface area contributed by atoms with E-state index in [1.54, 1.807) is 25.3 Å². The van der Waals surface area contributed by atoms with Crippen molar-refractivity contribution in [1.82, 2.24) is 0 Å². The first-order valence-electron chi connectivity index (χ1n) is 6.20. The quantitative estimate of drug-likeness (QED) is 0.774. The van der Waals surface area contributed by atoms with Crippen molar-refractivity contribution >= 4 is 28.9 Å². The molecular weight excluding hydrogens is 316 g/mol. The van der Waals surface area contributed by atoms with Gasteiger partial charge in [0.15, 0.2) is 5.82 Å². The van der Waals surface area contributed by atoms with Crippen LogP contribution in [0.4, 0.5) is 10.1 Å². The number of halogens is 3. The summed E-state index contributed by atoms with van der Waals surface area (Å²) in [6.45, 7) is 1.85. The predicted octanol–water partition coefficient (Wildman–Crippen LogP) is 5.02. The third kappa shape index (κ3) is 3.52. The van der Waals surface area contributed by atoms with E-state index in [9.17, 15) is 9.50 Å². The van der Waals surface area contributed by atoms with Crippen LogP contribution >= 0.6 is 23.2 Å². The molecule has 1 unspecified atom stereocenters. The first-order chi connectivity index (χ1) is 9.92. The average molecular weight is 330 g/mol. The Morgan fingerprint density at radius 3 is 2.38 bits per heavy atom. The van der Waals surface area contributed by atoms with Gasteiger partial charge in [-0.25, -0.2) is 4.39 Å². The highest BCUT2D eigenvalue weighted by Gasteiger charge is 2.14. The Balaban J connectivity index is 2.27. The van der Waals surface area contributed by atoms with Gasteiger partial charge in [-0.2, -0.15) is 0 Å². The van der Waals surface area contributed by atoms with Gasteiger partial charge in [0, 0.05) is 11.3 Å². The normalized spacial score (nSPS) is 12.0. The maximum atomic E-state index is 13.4. The average Bonchev–Trinajstić information content (AvgIpc) is 2.45. The van der Waals surface area contributed by atoms with Crippen LogP contribution in [-0.2, 0) is 0 Å². The number of anilines is 1. The van der Waals surface area contributed by atoms with Gasteiger partial charge in [-0.15, -0.1) is 0 Å². The summed E-state index contributed by atoms with van der Waals surface area (Å²) >= 11 is 11.5. The van der Waals surface area contributed by atoms with E-state index in [4.69, 9.17) is 27.9 Å². The van der Waals surface area contributed by atoms with Gasteiger partial charge >= 0.3 is 0 Å². The molecule has 2 aromatic rings. The molecule has 0 bridgehead atoms. The van der Waals surface area contributed by atoms with Crippen LogP contribution in [0.2, 0.25) is 10.0 Å². The van der Waals surface area contributed by atoms with Gasteiger partial charge in [0.1, 0.15) is 11.5 Å². The lowest BCUT2D eigenvalue weighted by atomic mass is 10.1. The zero-order valence-corrected chi connectivity index (χ0v) is 13.0. The Morgan fingerprint density at radius 1 is 1.19 bits per heavy atom. The van der Waals surface area contributed by atoms with Gasteiger partial charge in [0.25, 0.3) is 0 Å². The minimum Gasteiger partial charge on any atom is -0.508 e. The van der Waals surface area contributed by atoms with Crippen molar-refractivity contribution in [2.24, 2.45) is 0 Å². The number of hydrogen-bond acceptors (Lipinski definition) is 3. The molecule has 0 amide bonds. The second-order valence-electron chi connectivity index (χ2n) is 4.54. The summed E-state index contributed by atoms with van der Waals surface area (Å²) in [5.74, 6) is 0.113. The van der Waals surface area contributed by atoms with Crippen LogP contribution < -0.4 is 10.1 Å². The van der Waals surface area contributed by atoms with Gasteiger partial charge in [0.05, 0.1) is 23.2 Å². The number of benzene rings is 2. The number of ether oxygens (including phenoxy) is 1. The third-order valence-corrected chi connectivity index (χ3v) is 3.62. The monoisotopic (exact) mass is 329 g/mol. The second kappa shape index (κ2) is 6.41. The van der Waals surface area contributed by atoms with E-state index in [0.717, 1.165) is 0 Å². The van der Waals surface area contributed by atoms with Gasteiger partial charge in [-0.1, -0.05) is 23.2 Å². The van der Waals surface area contributed by atoms with Crippen molar-refractivity contribution in [1.29, 1.82) is 0 Å². The number of hydrogen-bond donors (Lipinski definition) is 2. The van der Waals surface area contributed by atoms with Gasteiger partial charge in [0.2, 0.25) is 0 Å². The number of methoxy groups -OCH3 is 1. The van der Waals surface area contributed by atoms with E-state index in [1.165, 1.54) is 12.1 Å². The number of rotatable bonds is 4. The van der Waals surface area contributed by atoms with Crippen molar-refractivity contribution < 1.29 is 14.2 Å². The maximum absolute atomic E-state index is 13.4. The fourth-order valence-corrected chi connectivity index (χ4v) is 2.46. The van der Waals surface area contributed by atoms with Crippen molar-refractivity contribution in [3.05, 3.63) is 51.8 Å². The summed E-state index contributed by atoms with van der Waals surface area (Å²) in [6.07, 6.45) is 0. The number of nitrogens with one attached hydrogen (secondary N) is 1. The van der Waals surface area contributed by atoms with Crippen LogP contribution in [0.5, 0.6) is 11.5 Å². The molecule has 0 heterocycles. The minimum absolute atomic E-state index is 0.0629. The highest BCUT2D eigenvalue weighted by molar-refractivity contribution is 6.35. The molecule has 2 N–H and O–H groups in total. The zero-order chi connectivity index (χ0) is 15.6. The maximum Gasteiger partial charge on any atom is 0.160 e. The van der Waals surface area contributed by atoms with E-state index in [0.29, 0.717) is 17.0 Å². The highest BCUT2D eigenvalue weighted by Crippen LogP contribution is 2.33. The van der Waals surface area contributed by atoms with Crippen molar-refractivity contribution in [3.63, 3.8) is 0 Å². The Bertz CT molecular complexity index is 641. The van der Waals surface area contributed by atoms with E-state index in [1.807, 2.05) is 6.92 Å². The predicted molar refractivity (Wildman–Crippen MR) is 83.1 cm³/mol. The summed E-state index contributed by atoms with van der Waals surface area (Å²) in [7, 11) is 1.55. The number of phenols is 1. The molecule has 0 spiro atoms. The molecule has 2 rings (SSSR count). The number of phenolic OH excluding ortho intramolecular Hbond substituents is 1. The lowest BCUT2D eigenvalue weighted by molar-refractivity contribution is 0.410. The molecule has 2 aromatic carbocycles. The van der Waals surface area contributed by atoms with Crippen LogP contribution in [-0.4, -0.2) is 12.2 Å². The molecule has 21 heavy (non-hydrogen) atoms. The van der Waals surface area contributed by atoms with E-state index < -0.39 is 5.82 Å². The molecule has 0 aliphatic carbocycles. The van der Waals surface area contributed by atoms with Crippen molar-refractivity contribution in [3.8, 4) is 11.5 Å². The first kappa shape index (κ1) is 15.7. The molecule has 0 saturated carbocycles. The van der Waals surface area contributed by atoms with Crippen LogP contribution in [0.3, 0.4) is 0 Å². The van der Waals surface area contributed by atoms with Crippen LogP contribution in [0.1, 0.15) is 18.5 Å². The fraction of sp³-hybridized carbons (Fsp3) is 0.200. The van der Waals surface area contributed by atoms with Gasteiger partial charge < -0.3 is 15.2 Å². The van der Waals surface area contributed by atoms with Crippen LogP contribution in [0.25, 0.3) is 0 Å². The highest BCUT2D eigenvalue weighted by atomic mass is 35.5. The molecule has 0 saturated heterocycles. The molecule has 112 valence electrons. The summed E-state index contributed by atoms with van der Waals surface area (Å²) in [4.78, 5) is 0. The summed E-state index contributed by atoms with van der Waals surface area (Å²) in [5, 5.41) is 12.9. The van der Waals surface area contributed by atoms with Gasteiger partial charge in [-0.3, -0.25) is 0 Å². The van der Waals surface area contributed by atoms with Crippen molar-refractivity contribution in [2.45, 2.75) is 13.0 Å². The molecule has 0 aliphatic heterocycles. The molecular formula is C15H14Cl2FNO2. The molecule has 1 atom stereocenters. The topological polar surface area (TPSA) is 41.5 Å². The van der Waals surface area contributed by atoms with Crippen molar-refractivity contribution in [2.75, 3.05) is 12.4 Å². The molecule has 0 fully saturated rings. The molecule has 3 nitrogen and oxygen atoms in total. The first-order valence-corrected chi connectivity index (χ1v) is 6.96. The minimum atomic E-state index is -0.652. The summed E-state index contributed by atoms with van der Waals surface area (Å²) < 4.78 is 18.5. The van der Waals surface area contributed by atoms with E-state index >= 15 is 0 Å². The second-order valence-corrected chi connectivity index (χ2v) is 5.36. The number of aromatic hydroxyl groups is 1. The van der Waals surface area contributed by atoms with Gasteiger partial charge in [-0.05, 0) is 37.3 Å². The molecule has 0 aliphatic rings. The summed E-state index contributed by atoms with van der Waals surface area (Å²) in [6, 6.07) is 7.57. The zero-order valence-electron chi connectivity index (χ0n) is 11.5. The lowest BCUT2D eigenvalue weighted by Crippen LogP contribution is -2.07. The van der Waals surface area contributed by atoms with Crippen LogP contribution in [0, 0.1) is 5.82 Å². The Hall–Kier alpha value is -1.65. The van der Waals surface area contributed by atoms with E-state index in [2.05, 4.69) is 5.32 Å². The molecule has 0 radical (unpaired) electrons. The molecule has 6 heteroatoms. The summed E-state index contributed by atoms with van der Waals surface area (Å²) in [5.41, 5.74) is 1.20. The lowest BCUT2D eigenvalue weighted by Gasteiger charge is -2.18. The van der Waals surface area contributed by atoms with E-state index in [-0.39, 0.29) is 21.8 Å². The third-order valence-electron chi connectivity index (χ3n) is 3.07. The molecule has 0 aromatic heterocycles. The Kier molecular flexibility index (Phi) is 4.80. The van der Waals surface area contributed by atoms with Crippen LogP contribution in [0.15, 0.2) is 30.3 Å². The Labute approximate surface area is 132 Å². The smallest absolute Gasteiger partial charge is 0.160 e. The SMILES string of the molecule is COc1ccc(O)c(C(C)Nc2cc(Cl)c(F)c(Cl)c2)c1. The Morgan fingerprint density at radius 2 is 1.81 bits per heavy atom. The standard InChI is InChI=1S/C15H14Cl2FNO2/c1-8(11-7-10(21-2)3-4-14(11)20)19-9-5-12(16)15(18)13(17)6-9/h3-8,19-20H,1-2H3. The largest absolute Gasteiger partial charge is 0.508 e.